The smallest absolute Gasteiger partial charge is 0.310 e. The first kappa shape index (κ1) is 17.2. The summed E-state index contributed by atoms with van der Waals surface area (Å²) in [5, 5.41) is 0. The fraction of sp³-hybridized carbons (Fsp3) is 0.941. The van der Waals surface area contributed by atoms with Gasteiger partial charge in [-0.1, -0.05) is 20.8 Å². The number of piperidine rings is 1. The Bertz CT molecular complexity index is 600. The molecule has 0 N–H and O–H groups in total. The quantitative estimate of drug-likeness (QED) is 0.738. The second-order valence-corrected chi connectivity index (χ2v) is 10.5. The third-order valence-corrected chi connectivity index (χ3v) is 8.43. The number of carbonyl (C=O) groups is 1. The highest BCUT2D eigenvalue weighted by atomic mass is 32.2. The molecule has 0 aromatic carbocycles. The minimum atomic E-state index is -3.23. The lowest BCUT2D eigenvalue weighted by molar-refractivity contribution is -0.163. The van der Waals surface area contributed by atoms with E-state index in [1.807, 2.05) is 0 Å². The fourth-order valence-corrected chi connectivity index (χ4v) is 5.89. The maximum atomic E-state index is 12.6. The van der Waals surface area contributed by atoms with Gasteiger partial charge in [0.1, 0.15) is 6.10 Å². The predicted octanol–water partition coefficient (Wildman–Crippen LogP) is 2.42. The zero-order valence-corrected chi connectivity index (χ0v) is 15.5. The maximum Gasteiger partial charge on any atom is 0.310 e. The topological polar surface area (TPSA) is 63.7 Å². The first-order valence-electron chi connectivity index (χ1n) is 8.71. The summed E-state index contributed by atoms with van der Waals surface area (Å²) in [6, 6.07) is 0. The van der Waals surface area contributed by atoms with Crippen LogP contribution in [0.4, 0.5) is 0 Å². The van der Waals surface area contributed by atoms with Gasteiger partial charge in [0.25, 0.3) is 0 Å². The van der Waals surface area contributed by atoms with Crippen LogP contribution < -0.4 is 0 Å². The Morgan fingerprint density at radius 1 is 1.22 bits per heavy atom. The Kier molecular flexibility index (Phi) is 4.08. The molecule has 0 unspecified atom stereocenters. The number of nitrogens with zero attached hydrogens (tertiary/aromatic N) is 1. The molecule has 1 heterocycles. The number of hydrogen-bond acceptors (Lipinski definition) is 4. The molecule has 3 aliphatic rings. The third-order valence-electron chi connectivity index (χ3n) is 7.16. The van der Waals surface area contributed by atoms with E-state index in [1.165, 1.54) is 17.0 Å². The summed E-state index contributed by atoms with van der Waals surface area (Å²) in [5.41, 5.74) is 0.266. The molecular weight excluding hydrogens is 314 g/mol. The van der Waals surface area contributed by atoms with Gasteiger partial charge in [0, 0.05) is 18.5 Å². The monoisotopic (exact) mass is 343 g/mol. The van der Waals surface area contributed by atoms with Gasteiger partial charge in [-0.3, -0.25) is 4.79 Å². The highest BCUT2D eigenvalue weighted by Gasteiger charge is 2.63. The van der Waals surface area contributed by atoms with Gasteiger partial charge in [-0.15, -0.1) is 0 Å². The Labute approximate surface area is 139 Å². The average Bonchev–Trinajstić information content (AvgIpc) is 2.80. The maximum absolute atomic E-state index is 12.6. The molecule has 2 bridgehead atoms. The SMILES string of the molecule is CC1(C)[C@H]2CC[C@@]1(C)[C@H](OC(=O)[C@H]1CCCN(S(C)(=O)=O)C1)C2. The summed E-state index contributed by atoms with van der Waals surface area (Å²) in [6.07, 6.45) is 5.94. The minimum absolute atomic E-state index is 0.0163. The predicted molar refractivity (Wildman–Crippen MR) is 88.2 cm³/mol. The van der Waals surface area contributed by atoms with Crippen LogP contribution in [0.5, 0.6) is 0 Å². The molecule has 4 atom stereocenters. The van der Waals surface area contributed by atoms with Crippen LogP contribution in [0.25, 0.3) is 0 Å². The molecule has 132 valence electrons. The molecule has 0 radical (unpaired) electrons. The Hall–Kier alpha value is -0.620. The van der Waals surface area contributed by atoms with Crippen molar-refractivity contribution in [3.63, 3.8) is 0 Å². The summed E-state index contributed by atoms with van der Waals surface area (Å²) in [6.45, 7) is 7.63. The van der Waals surface area contributed by atoms with Crippen molar-refractivity contribution >= 4 is 16.0 Å². The summed E-state index contributed by atoms with van der Waals surface area (Å²) >= 11 is 0. The third kappa shape index (κ3) is 2.72. The van der Waals surface area contributed by atoms with E-state index in [0.717, 1.165) is 25.7 Å². The van der Waals surface area contributed by atoms with Gasteiger partial charge >= 0.3 is 5.97 Å². The van der Waals surface area contributed by atoms with E-state index < -0.39 is 10.0 Å². The Balaban J connectivity index is 1.66. The normalized spacial score (nSPS) is 40.3. The largest absolute Gasteiger partial charge is 0.462 e. The highest BCUT2D eigenvalue weighted by Crippen LogP contribution is 2.66. The Morgan fingerprint density at radius 2 is 1.91 bits per heavy atom. The van der Waals surface area contributed by atoms with Crippen LogP contribution in [-0.4, -0.2) is 44.1 Å². The number of hydrogen-bond donors (Lipinski definition) is 0. The lowest BCUT2D eigenvalue weighted by Crippen LogP contribution is -2.44. The van der Waals surface area contributed by atoms with Gasteiger partial charge in [-0.05, 0) is 43.4 Å². The van der Waals surface area contributed by atoms with E-state index in [-0.39, 0.29) is 35.4 Å². The molecule has 3 rings (SSSR count). The molecule has 3 fully saturated rings. The molecule has 23 heavy (non-hydrogen) atoms. The van der Waals surface area contributed by atoms with Crippen molar-refractivity contribution in [2.45, 2.75) is 59.0 Å². The molecule has 0 spiro atoms. The minimum Gasteiger partial charge on any atom is -0.462 e. The number of ether oxygens (including phenoxy) is 1. The van der Waals surface area contributed by atoms with E-state index >= 15 is 0 Å². The second kappa shape index (κ2) is 5.45. The summed E-state index contributed by atoms with van der Waals surface area (Å²) in [7, 11) is -3.23. The van der Waals surface area contributed by atoms with E-state index in [1.54, 1.807) is 0 Å². The number of rotatable bonds is 3. The van der Waals surface area contributed by atoms with Crippen LogP contribution in [-0.2, 0) is 19.6 Å². The van der Waals surface area contributed by atoms with E-state index in [2.05, 4.69) is 20.8 Å². The van der Waals surface area contributed by atoms with Gasteiger partial charge in [0.05, 0.1) is 12.2 Å². The lowest BCUT2D eigenvalue weighted by Gasteiger charge is -2.39. The van der Waals surface area contributed by atoms with Crippen molar-refractivity contribution in [1.82, 2.24) is 4.31 Å². The van der Waals surface area contributed by atoms with Crippen molar-refractivity contribution in [3.05, 3.63) is 0 Å². The van der Waals surface area contributed by atoms with Gasteiger partial charge in [-0.2, -0.15) is 0 Å². The molecule has 2 aliphatic carbocycles. The van der Waals surface area contributed by atoms with Crippen LogP contribution >= 0.6 is 0 Å². The Morgan fingerprint density at radius 3 is 2.43 bits per heavy atom. The zero-order valence-electron chi connectivity index (χ0n) is 14.7. The summed E-state index contributed by atoms with van der Waals surface area (Å²) in [4.78, 5) is 12.6. The molecule has 5 nitrogen and oxygen atoms in total. The van der Waals surface area contributed by atoms with E-state index in [0.29, 0.717) is 12.5 Å². The summed E-state index contributed by atoms with van der Waals surface area (Å²) in [5.74, 6) is 0.112. The highest BCUT2D eigenvalue weighted by molar-refractivity contribution is 7.88. The molecular formula is C17H29NO4S. The number of carbonyl (C=O) groups excluding carboxylic acids is 1. The molecule has 0 amide bonds. The standard InChI is InChI=1S/C17H29NO4S/c1-16(2)13-7-8-17(16,3)14(10-13)22-15(19)12-6-5-9-18(11-12)23(4,20)21/h12-14H,5-11H2,1-4H3/t12-,13-,14+,17-/m0/s1. The number of sulfonamides is 1. The number of fused-ring (bicyclic) bond motifs is 2. The first-order chi connectivity index (χ1) is 10.6. The average molecular weight is 343 g/mol. The van der Waals surface area contributed by atoms with Gasteiger partial charge in [0.2, 0.25) is 10.0 Å². The van der Waals surface area contributed by atoms with Crippen LogP contribution in [0.15, 0.2) is 0 Å². The molecule has 6 heteroatoms. The first-order valence-corrected chi connectivity index (χ1v) is 10.6. The van der Waals surface area contributed by atoms with Crippen molar-refractivity contribution in [3.8, 4) is 0 Å². The molecule has 1 saturated heterocycles. The lowest BCUT2D eigenvalue weighted by atomic mass is 9.70. The van der Waals surface area contributed by atoms with E-state index in [9.17, 15) is 13.2 Å². The van der Waals surface area contributed by atoms with Crippen LogP contribution in [0.2, 0.25) is 0 Å². The second-order valence-electron chi connectivity index (χ2n) is 8.50. The van der Waals surface area contributed by atoms with Crippen LogP contribution in [0, 0.1) is 22.7 Å². The molecule has 1 aliphatic heterocycles. The van der Waals surface area contributed by atoms with Crippen LogP contribution in [0.3, 0.4) is 0 Å². The summed E-state index contributed by atoms with van der Waals surface area (Å²) < 4.78 is 30.8. The van der Waals surface area contributed by atoms with Crippen LogP contribution in [0.1, 0.15) is 52.9 Å². The van der Waals surface area contributed by atoms with Crippen molar-refractivity contribution in [2.75, 3.05) is 19.3 Å². The number of esters is 1. The van der Waals surface area contributed by atoms with Crippen molar-refractivity contribution in [1.29, 1.82) is 0 Å². The van der Waals surface area contributed by atoms with E-state index in [4.69, 9.17) is 4.74 Å². The zero-order chi connectivity index (χ0) is 17.0. The van der Waals surface area contributed by atoms with Crippen molar-refractivity contribution in [2.24, 2.45) is 22.7 Å². The molecule has 0 aromatic rings. The van der Waals surface area contributed by atoms with Gasteiger partial charge < -0.3 is 4.74 Å². The molecule has 0 aromatic heterocycles. The van der Waals surface area contributed by atoms with Gasteiger partial charge in [0.15, 0.2) is 0 Å². The molecule has 2 saturated carbocycles. The van der Waals surface area contributed by atoms with Crippen molar-refractivity contribution < 1.29 is 17.9 Å². The van der Waals surface area contributed by atoms with Gasteiger partial charge in [-0.25, -0.2) is 12.7 Å². The fourth-order valence-electron chi connectivity index (χ4n) is 4.98.